The highest BCUT2D eigenvalue weighted by Crippen LogP contribution is 2.15. The van der Waals surface area contributed by atoms with E-state index in [9.17, 15) is 0 Å². The molecule has 1 aliphatic rings. The third-order valence-corrected chi connectivity index (χ3v) is 3.30. The van der Waals surface area contributed by atoms with Gasteiger partial charge in [0.15, 0.2) is 0 Å². The van der Waals surface area contributed by atoms with Crippen LogP contribution in [0.1, 0.15) is 48.0 Å². The van der Waals surface area contributed by atoms with Gasteiger partial charge in [0, 0.05) is 31.2 Å². The highest BCUT2D eigenvalue weighted by atomic mass is 16.5. The lowest BCUT2D eigenvalue weighted by Gasteiger charge is -2.41. The van der Waals surface area contributed by atoms with Crippen LogP contribution in [0.4, 0.5) is 0 Å². The lowest BCUT2D eigenvalue weighted by atomic mass is 10.1. The molecular weight excluding hydrogens is 212 g/mol. The van der Waals surface area contributed by atoms with Crippen molar-refractivity contribution in [2.75, 3.05) is 19.6 Å². The summed E-state index contributed by atoms with van der Waals surface area (Å²) in [5.41, 5.74) is 0.205. The van der Waals surface area contributed by atoms with Crippen molar-refractivity contribution in [3.8, 4) is 0 Å². The van der Waals surface area contributed by atoms with Gasteiger partial charge < -0.3 is 10.1 Å². The Kier molecular flexibility index (Phi) is 5.42. The summed E-state index contributed by atoms with van der Waals surface area (Å²) in [6.07, 6.45) is 1.92. The molecule has 1 saturated heterocycles. The summed E-state index contributed by atoms with van der Waals surface area (Å²) < 4.78 is 5.79. The molecule has 0 aromatic carbocycles. The first-order valence-electron chi connectivity index (χ1n) is 6.96. The Labute approximate surface area is 107 Å². The maximum absolute atomic E-state index is 5.79. The van der Waals surface area contributed by atoms with Crippen molar-refractivity contribution in [1.29, 1.82) is 0 Å². The van der Waals surface area contributed by atoms with Gasteiger partial charge in [-0.2, -0.15) is 0 Å². The molecule has 102 valence electrons. The normalized spacial score (nSPS) is 29.3. The maximum Gasteiger partial charge on any atom is 0.0678 e. The summed E-state index contributed by atoms with van der Waals surface area (Å²) in [7, 11) is 0. The zero-order valence-electron chi connectivity index (χ0n) is 12.4. The lowest BCUT2D eigenvalue weighted by molar-refractivity contribution is -0.0808. The van der Waals surface area contributed by atoms with Gasteiger partial charge in [0.05, 0.1) is 12.2 Å². The van der Waals surface area contributed by atoms with E-state index in [1.165, 1.54) is 6.42 Å². The van der Waals surface area contributed by atoms with E-state index in [0.29, 0.717) is 18.2 Å². The molecule has 0 bridgehead atoms. The van der Waals surface area contributed by atoms with Gasteiger partial charge in [-0.25, -0.2) is 0 Å². The van der Waals surface area contributed by atoms with Crippen LogP contribution < -0.4 is 5.32 Å². The molecule has 0 aromatic heterocycles. The van der Waals surface area contributed by atoms with Crippen molar-refractivity contribution in [2.45, 2.75) is 71.8 Å². The molecule has 0 aliphatic carbocycles. The fraction of sp³-hybridized carbons (Fsp3) is 1.00. The van der Waals surface area contributed by atoms with E-state index in [1.54, 1.807) is 0 Å². The van der Waals surface area contributed by atoms with Crippen LogP contribution in [0, 0.1) is 0 Å². The average molecular weight is 242 g/mol. The van der Waals surface area contributed by atoms with Gasteiger partial charge in [-0.15, -0.1) is 0 Å². The molecule has 3 nitrogen and oxygen atoms in total. The largest absolute Gasteiger partial charge is 0.373 e. The Bertz CT molecular complexity index is 215. The van der Waals surface area contributed by atoms with E-state index in [0.717, 1.165) is 19.6 Å². The van der Waals surface area contributed by atoms with Gasteiger partial charge in [0.25, 0.3) is 0 Å². The molecule has 0 saturated carbocycles. The van der Waals surface area contributed by atoms with E-state index in [2.05, 4.69) is 51.8 Å². The fourth-order valence-electron chi connectivity index (χ4n) is 2.47. The first kappa shape index (κ1) is 14.9. The molecule has 1 unspecified atom stereocenters. The van der Waals surface area contributed by atoms with Gasteiger partial charge in [-0.1, -0.05) is 6.92 Å². The molecule has 17 heavy (non-hydrogen) atoms. The van der Waals surface area contributed by atoms with Crippen molar-refractivity contribution in [3.63, 3.8) is 0 Å². The molecule has 0 radical (unpaired) electrons. The van der Waals surface area contributed by atoms with E-state index in [1.807, 2.05) is 0 Å². The van der Waals surface area contributed by atoms with Crippen molar-refractivity contribution < 1.29 is 4.74 Å². The number of nitrogens with zero attached hydrogens (tertiary/aromatic N) is 1. The monoisotopic (exact) mass is 242 g/mol. The predicted octanol–water partition coefficient (Wildman–Crippen LogP) is 2.26. The summed E-state index contributed by atoms with van der Waals surface area (Å²) >= 11 is 0. The average Bonchev–Trinajstić information content (AvgIpc) is 2.15. The Hall–Kier alpha value is -0.120. The number of morpholine rings is 1. The van der Waals surface area contributed by atoms with Crippen LogP contribution in [0.3, 0.4) is 0 Å². The summed E-state index contributed by atoms with van der Waals surface area (Å²) in [5.74, 6) is 0. The summed E-state index contributed by atoms with van der Waals surface area (Å²) in [6.45, 7) is 16.5. The van der Waals surface area contributed by atoms with Gasteiger partial charge in [0.2, 0.25) is 0 Å². The molecular formula is C14H30N2O. The highest BCUT2D eigenvalue weighted by molar-refractivity contribution is 4.82. The van der Waals surface area contributed by atoms with Crippen molar-refractivity contribution in [1.82, 2.24) is 10.2 Å². The van der Waals surface area contributed by atoms with Gasteiger partial charge in [-0.05, 0) is 41.0 Å². The van der Waals surface area contributed by atoms with Crippen LogP contribution in [0.15, 0.2) is 0 Å². The SMILES string of the molecule is CCC(CNC(C)(C)C)N1C[C@@H](C)O[C@@H](C)C1. The molecule has 1 N–H and O–H groups in total. The third-order valence-electron chi connectivity index (χ3n) is 3.30. The molecule has 1 fully saturated rings. The van der Waals surface area contributed by atoms with Gasteiger partial charge in [0.1, 0.15) is 0 Å². The second-order valence-corrected chi connectivity index (χ2v) is 6.40. The third kappa shape index (κ3) is 5.36. The number of nitrogens with one attached hydrogen (secondary N) is 1. The minimum Gasteiger partial charge on any atom is -0.373 e. The van der Waals surface area contributed by atoms with Crippen LogP contribution in [0.2, 0.25) is 0 Å². The van der Waals surface area contributed by atoms with E-state index < -0.39 is 0 Å². The van der Waals surface area contributed by atoms with Crippen LogP contribution in [-0.2, 0) is 4.74 Å². The number of hydrogen-bond donors (Lipinski definition) is 1. The highest BCUT2D eigenvalue weighted by Gasteiger charge is 2.27. The quantitative estimate of drug-likeness (QED) is 0.818. The van der Waals surface area contributed by atoms with E-state index >= 15 is 0 Å². The second kappa shape index (κ2) is 6.17. The summed E-state index contributed by atoms with van der Waals surface area (Å²) in [6, 6.07) is 0.628. The zero-order valence-corrected chi connectivity index (χ0v) is 12.4. The number of hydrogen-bond acceptors (Lipinski definition) is 3. The van der Waals surface area contributed by atoms with Crippen molar-refractivity contribution >= 4 is 0 Å². The fourth-order valence-corrected chi connectivity index (χ4v) is 2.47. The van der Waals surface area contributed by atoms with Crippen molar-refractivity contribution in [2.24, 2.45) is 0 Å². The molecule has 3 heteroatoms. The smallest absolute Gasteiger partial charge is 0.0678 e. The molecule has 1 aliphatic heterocycles. The summed E-state index contributed by atoms with van der Waals surface area (Å²) in [5, 5.41) is 3.62. The van der Waals surface area contributed by atoms with Crippen molar-refractivity contribution in [3.05, 3.63) is 0 Å². The van der Waals surface area contributed by atoms with Gasteiger partial charge in [-0.3, -0.25) is 4.90 Å². The van der Waals surface area contributed by atoms with Crippen LogP contribution >= 0.6 is 0 Å². The minimum absolute atomic E-state index is 0.205. The van der Waals surface area contributed by atoms with Crippen LogP contribution in [0.25, 0.3) is 0 Å². The molecule has 0 spiro atoms. The van der Waals surface area contributed by atoms with Crippen LogP contribution in [0.5, 0.6) is 0 Å². The zero-order chi connectivity index (χ0) is 13.1. The minimum atomic E-state index is 0.205. The predicted molar refractivity (Wildman–Crippen MR) is 73.4 cm³/mol. The first-order valence-corrected chi connectivity index (χ1v) is 6.96. The Morgan fingerprint density at radius 2 is 1.76 bits per heavy atom. The number of ether oxygens (including phenoxy) is 1. The first-order chi connectivity index (χ1) is 7.81. The molecule has 1 heterocycles. The Morgan fingerprint density at radius 1 is 1.24 bits per heavy atom. The lowest BCUT2D eigenvalue weighted by Crippen LogP contribution is -2.54. The second-order valence-electron chi connectivity index (χ2n) is 6.40. The Balaban J connectivity index is 2.48. The van der Waals surface area contributed by atoms with E-state index in [-0.39, 0.29) is 5.54 Å². The molecule has 0 amide bonds. The Morgan fingerprint density at radius 3 is 2.18 bits per heavy atom. The maximum atomic E-state index is 5.79. The molecule has 0 aromatic rings. The van der Waals surface area contributed by atoms with Crippen LogP contribution in [-0.4, -0.2) is 48.3 Å². The van der Waals surface area contributed by atoms with E-state index in [4.69, 9.17) is 4.74 Å². The standard InChI is InChI=1S/C14H30N2O/c1-7-13(8-15-14(4,5)6)16-9-11(2)17-12(3)10-16/h11-13,15H,7-10H2,1-6H3/t11-,12+,13?. The molecule has 3 atom stereocenters. The number of rotatable bonds is 4. The van der Waals surface area contributed by atoms with Gasteiger partial charge >= 0.3 is 0 Å². The molecule has 1 rings (SSSR count). The summed E-state index contributed by atoms with van der Waals surface area (Å²) in [4.78, 5) is 2.58. The topological polar surface area (TPSA) is 24.5 Å².